The first-order valence-electron chi connectivity index (χ1n) is 8.56. The number of benzene rings is 1. The van der Waals surface area contributed by atoms with Gasteiger partial charge in [-0.1, -0.05) is 17.3 Å². The fourth-order valence-corrected chi connectivity index (χ4v) is 3.02. The summed E-state index contributed by atoms with van der Waals surface area (Å²) >= 11 is 1.23. The number of hydrogen-bond acceptors (Lipinski definition) is 7. The van der Waals surface area contributed by atoms with Crippen LogP contribution in [-0.2, 0) is 9.59 Å². The molecule has 2 heterocycles. The van der Waals surface area contributed by atoms with Gasteiger partial charge in [0.2, 0.25) is 11.8 Å². The van der Waals surface area contributed by atoms with Crippen molar-refractivity contribution in [2.75, 3.05) is 16.4 Å². The largest absolute Gasteiger partial charge is 0.360 e. The number of carbonyl (C=O) groups is 2. The molecule has 3 aromatic rings. The fraction of sp³-hybridized carbons (Fsp3) is 0.278. The van der Waals surface area contributed by atoms with E-state index >= 15 is 0 Å². The zero-order valence-electron chi connectivity index (χ0n) is 15.6. The van der Waals surface area contributed by atoms with Crippen LogP contribution < -0.4 is 10.6 Å². The minimum absolute atomic E-state index is 0.135. The monoisotopic (exact) mass is 400 g/mol. The Morgan fingerprint density at radius 1 is 1.25 bits per heavy atom. The molecule has 1 unspecified atom stereocenters. The van der Waals surface area contributed by atoms with Gasteiger partial charge in [-0.2, -0.15) is 5.10 Å². The van der Waals surface area contributed by atoms with Gasteiger partial charge in [-0.25, -0.2) is 4.98 Å². The number of aryl methyl sites for hydroxylation is 2. The summed E-state index contributed by atoms with van der Waals surface area (Å²) in [6.07, 6.45) is 0. The Morgan fingerprint density at radius 3 is 2.75 bits per heavy atom. The Labute approximate surface area is 165 Å². The van der Waals surface area contributed by atoms with Crippen LogP contribution in [0.3, 0.4) is 0 Å². The van der Waals surface area contributed by atoms with E-state index in [1.165, 1.54) is 11.8 Å². The molecule has 146 valence electrons. The molecule has 0 saturated heterocycles. The molecule has 0 aliphatic heterocycles. The van der Waals surface area contributed by atoms with Gasteiger partial charge in [-0.3, -0.25) is 14.7 Å². The van der Waals surface area contributed by atoms with Gasteiger partial charge in [0.1, 0.15) is 11.6 Å². The van der Waals surface area contributed by atoms with Crippen molar-refractivity contribution >= 4 is 35.1 Å². The van der Waals surface area contributed by atoms with Gasteiger partial charge < -0.3 is 15.2 Å². The number of rotatable bonds is 7. The van der Waals surface area contributed by atoms with Crippen molar-refractivity contribution in [2.45, 2.75) is 26.0 Å². The van der Waals surface area contributed by atoms with Gasteiger partial charge in [-0.05, 0) is 32.9 Å². The van der Waals surface area contributed by atoms with Crippen molar-refractivity contribution < 1.29 is 14.1 Å². The third-order valence-electron chi connectivity index (χ3n) is 3.71. The Kier molecular flexibility index (Phi) is 6.09. The topological polar surface area (TPSA) is 126 Å². The van der Waals surface area contributed by atoms with E-state index in [0.717, 1.165) is 5.56 Å². The zero-order chi connectivity index (χ0) is 20.1. The summed E-state index contributed by atoms with van der Waals surface area (Å²) in [6, 6.07) is 8.90. The number of nitrogens with one attached hydrogen (secondary N) is 3. The summed E-state index contributed by atoms with van der Waals surface area (Å²) in [5.41, 5.74) is 1.44. The zero-order valence-corrected chi connectivity index (χ0v) is 16.5. The highest BCUT2D eigenvalue weighted by Gasteiger charge is 2.17. The predicted octanol–water partition coefficient (Wildman–Crippen LogP) is 2.78. The van der Waals surface area contributed by atoms with Crippen LogP contribution in [0.2, 0.25) is 0 Å². The number of hydrogen-bond donors (Lipinski definition) is 3. The van der Waals surface area contributed by atoms with Crippen LogP contribution in [0, 0.1) is 13.8 Å². The van der Waals surface area contributed by atoms with Crippen molar-refractivity contribution in [1.29, 1.82) is 0 Å². The normalized spacial score (nSPS) is 11.8. The number of anilines is 2. The molecule has 1 atom stereocenters. The molecule has 28 heavy (non-hydrogen) atoms. The molecule has 0 fully saturated rings. The van der Waals surface area contributed by atoms with E-state index in [4.69, 9.17) is 4.52 Å². The molecule has 1 aromatic carbocycles. The van der Waals surface area contributed by atoms with E-state index < -0.39 is 5.25 Å². The highest BCUT2D eigenvalue weighted by Crippen LogP contribution is 2.20. The van der Waals surface area contributed by atoms with Crippen LogP contribution >= 0.6 is 11.8 Å². The SMILES string of the molecule is Cc1nc(-c2cccc(NC(=O)CSC(C)C(=O)Nc3cc(C)on3)c2)n[nH]1. The molecule has 0 saturated carbocycles. The Balaban J connectivity index is 1.50. The molecule has 0 aliphatic carbocycles. The quantitative estimate of drug-likeness (QED) is 0.557. The van der Waals surface area contributed by atoms with Crippen LogP contribution in [0.1, 0.15) is 18.5 Å². The maximum atomic E-state index is 12.2. The van der Waals surface area contributed by atoms with Gasteiger partial charge >= 0.3 is 0 Å². The van der Waals surface area contributed by atoms with Crippen molar-refractivity contribution in [2.24, 2.45) is 0 Å². The van der Waals surface area contributed by atoms with E-state index in [1.807, 2.05) is 19.1 Å². The number of amides is 2. The van der Waals surface area contributed by atoms with Crippen molar-refractivity contribution in [3.8, 4) is 11.4 Å². The first-order chi connectivity index (χ1) is 13.4. The number of aromatic nitrogens is 4. The molecule has 2 amide bonds. The molecule has 10 heteroatoms. The third-order valence-corrected chi connectivity index (χ3v) is 4.86. The lowest BCUT2D eigenvalue weighted by Gasteiger charge is -2.11. The smallest absolute Gasteiger partial charge is 0.238 e. The van der Waals surface area contributed by atoms with E-state index in [-0.39, 0.29) is 17.6 Å². The lowest BCUT2D eigenvalue weighted by Crippen LogP contribution is -2.25. The molecular weight excluding hydrogens is 380 g/mol. The van der Waals surface area contributed by atoms with Crippen LogP contribution in [0.15, 0.2) is 34.9 Å². The number of aromatic amines is 1. The lowest BCUT2D eigenvalue weighted by atomic mass is 10.2. The third kappa shape index (κ3) is 5.19. The van der Waals surface area contributed by atoms with Crippen LogP contribution in [0.25, 0.3) is 11.4 Å². The molecule has 3 N–H and O–H groups in total. The minimum Gasteiger partial charge on any atom is -0.360 e. The van der Waals surface area contributed by atoms with Crippen molar-refractivity contribution in [1.82, 2.24) is 20.3 Å². The maximum Gasteiger partial charge on any atom is 0.238 e. The summed E-state index contributed by atoms with van der Waals surface area (Å²) in [6.45, 7) is 5.29. The molecular formula is C18H20N6O3S. The second-order valence-electron chi connectivity index (χ2n) is 6.14. The summed E-state index contributed by atoms with van der Waals surface area (Å²) in [5.74, 6) is 1.94. The summed E-state index contributed by atoms with van der Waals surface area (Å²) in [4.78, 5) is 28.6. The van der Waals surface area contributed by atoms with Crippen LogP contribution in [0.4, 0.5) is 11.5 Å². The van der Waals surface area contributed by atoms with E-state index in [2.05, 4.69) is 31.0 Å². The summed E-state index contributed by atoms with van der Waals surface area (Å²) in [7, 11) is 0. The average molecular weight is 400 g/mol. The molecule has 0 radical (unpaired) electrons. The van der Waals surface area contributed by atoms with Crippen molar-refractivity contribution in [3.63, 3.8) is 0 Å². The first-order valence-corrected chi connectivity index (χ1v) is 9.60. The number of H-pyrrole nitrogens is 1. The van der Waals surface area contributed by atoms with E-state index in [9.17, 15) is 9.59 Å². The van der Waals surface area contributed by atoms with Crippen LogP contribution in [0.5, 0.6) is 0 Å². The Hall–Kier alpha value is -3.14. The highest BCUT2D eigenvalue weighted by molar-refractivity contribution is 8.01. The maximum absolute atomic E-state index is 12.2. The molecule has 2 aromatic heterocycles. The second-order valence-corrected chi connectivity index (χ2v) is 7.47. The van der Waals surface area contributed by atoms with Gasteiger partial charge in [0.15, 0.2) is 11.6 Å². The highest BCUT2D eigenvalue weighted by atomic mass is 32.2. The molecule has 9 nitrogen and oxygen atoms in total. The molecule has 0 spiro atoms. The second kappa shape index (κ2) is 8.70. The van der Waals surface area contributed by atoms with Gasteiger partial charge in [0.05, 0.1) is 11.0 Å². The molecule has 0 bridgehead atoms. The number of nitrogens with zero attached hydrogens (tertiary/aromatic N) is 3. The number of thioether (sulfide) groups is 1. The van der Waals surface area contributed by atoms with Crippen LogP contribution in [-0.4, -0.2) is 43.2 Å². The first kappa shape index (κ1) is 19.6. The van der Waals surface area contributed by atoms with Gasteiger partial charge in [-0.15, -0.1) is 11.8 Å². The Bertz CT molecular complexity index is 983. The van der Waals surface area contributed by atoms with Crippen molar-refractivity contribution in [3.05, 3.63) is 41.9 Å². The predicted molar refractivity (Wildman–Crippen MR) is 107 cm³/mol. The standard InChI is InChI=1S/C18H20N6O3S/c1-10-7-15(24-27-10)21-18(26)11(2)28-9-16(25)20-14-6-4-5-13(8-14)17-19-12(3)22-23-17/h4-8,11H,9H2,1-3H3,(H,20,25)(H,19,22,23)(H,21,24,26). The van der Waals surface area contributed by atoms with E-state index in [0.29, 0.717) is 28.9 Å². The van der Waals surface area contributed by atoms with E-state index in [1.54, 1.807) is 32.0 Å². The molecule has 3 rings (SSSR count). The Morgan fingerprint density at radius 2 is 2.07 bits per heavy atom. The summed E-state index contributed by atoms with van der Waals surface area (Å²) < 4.78 is 4.91. The fourth-order valence-electron chi connectivity index (χ4n) is 2.33. The summed E-state index contributed by atoms with van der Waals surface area (Å²) in [5, 5.41) is 15.7. The minimum atomic E-state index is -0.426. The van der Waals surface area contributed by atoms with Gasteiger partial charge in [0.25, 0.3) is 0 Å². The molecule has 0 aliphatic rings. The average Bonchev–Trinajstić information content (AvgIpc) is 3.28. The van der Waals surface area contributed by atoms with Gasteiger partial charge in [0, 0.05) is 17.3 Å². The lowest BCUT2D eigenvalue weighted by molar-refractivity contribution is -0.115. The number of carbonyl (C=O) groups excluding carboxylic acids is 2.